The van der Waals surface area contributed by atoms with Crippen LogP contribution in [0.4, 0.5) is 0 Å². The highest BCUT2D eigenvalue weighted by molar-refractivity contribution is 5.88. The van der Waals surface area contributed by atoms with Gasteiger partial charge in [0, 0.05) is 19.3 Å². The number of hydrogen-bond acceptors (Lipinski definition) is 3. The lowest BCUT2D eigenvalue weighted by atomic mass is 9.98. The highest BCUT2D eigenvalue weighted by Crippen LogP contribution is 2.08. The Hall–Kier alpha value is -1.19. The highest BCUT2D eigenvalue weighted by atomic mass is 16.2. The molecule has 1 atom stereocenters. The molecule has 4 nitrogen and oxygen atoms in total. The number of carbonyl (C=O) groups excluding carboxylic acids is 3. The maximum Gasteiger partial charge on any atom is 0.220 e. The SMILES string of the molecule is CCC(=O)[C@H](CC(C)C)NC(=O)CCCCC(C)=O. The second kappa shape index (κ2) is 9.70. The number of ketones is 2. The lowest BCUT2D eigenvalue weighted by Crippen LogP contribution is -2.41. The van der Waals surface area contributed by atoms with E-state index in [1.54, 1.807) is 6.92 Å². The van der Waals surface area contributed by atoms with Crippen molar-refractivity contribution in [2.45, 2.75) is 72.3 Å². The van der Waals surface area contributed by atoms with Crippen molar-refractivity contribution in [2.75, 3.05) is 0 Å². The minimum absolute atomic E-state index is 0.0870. The van der Waals surface area contributed by atoms with Gasteiger partial charge in [0.15, 0.2) is 5.78 Å². The van der Waals surface area contributed by atoms with Crippen molar-refractivity contribution in [1.29, 1.82) is 0 Å². The van der Waals surface area contributed by atoms with Gasteiger partial charge in [0.05, 0.1) is 6.04 Å². The fourth-order valence-corrected chi connectivity index (χ4v) is 1.91. The summed E-state index contributed by atoms with van der Waals surface area (Å²) < 4.78 is 0. The molecule has 0 heterocycles. The highest BCUT2D eigenvalue weighted by Gasteiger charge is 2.19. The summed E-state index contributed by atoms with van der Waals surface area (Å²) in [6.45, 7) is 7.44. The minimum atomic E-state index is -0.356. The van der Waals surface area contributed by atoms with Crippen LogP contribution in [-0.2, 0) is 14.4 Å². The lowest BCUT2D eigenvalue weighted by Gasteiger charge is -2.19. The topological polar surface area (TPSA) is 63.2 Å². The predicted molar refractivity (Wildman–Crippen MR) is 75.8 cm³/mol. The molecule has 0 fully saturated rings. The summed E-state index contributed by atoms with van der Waals surface area (Å²) >= 11 is 0. The fraction of sp³-hybridized carbons (Fsp3) is 0.800. The first-order chi connectivity index (χ1) is 8.86. The monoisotopic (exact) mass is 269 g/mol. The summed E-state index contributed by atoms with van der Waals surface area (Å²) in [5.41, 5.74) is 0. The summed E-state index contributed by atoms with van der Waals surface area (Å²) in [6.07, 6.45) is 3.47. The van der Waals surface area contributed by atoms with Crippen LogP contribution in [0.2, 0.25) is 0 Å². The molecule has 1 amide bonds. The van der Waals surface area contributed by atoms with Gasteiger partial charge in [0.1, 0.15) is 5.78 Å². The molecule has 0 saturated carbocycles. The smallest absolute Gasteiger partial charge is 0.220 e. The van der Waals surface area contributed by atoms with Gasteiger partial charge in [-0.25, -0.2) is 0 Å². The maximum atomic E-state index is 11.8. The lowest BCUT2D eigenvalue weighted by molar-refractivity contribution is -0.128. The fourth-order valence-electron chi connectivity index (χ4n) is 1.91. The zero-order chi connectivity index (χ0) is 14.8. The molecule has 0 aliphatic heterocycles. The second-order valence-corrected chi connectivity index (χ2v) is 5.48. The summed E-state index contributed by atoms with van der Waals surface area (Å²) in [5, 5.41) is 2.81. The molecule has 0 saturated heterocycles. The number of hydrogen-bond donors (Lipinski definition) is 1. The zero-order valence-electron chi connectivity index (χ0n) is 12.6. The zero-order valence-corrected chi connectivity index (χ0v) is 12.6. The van der Waals surface area contributed by atoms with E-state index in [1.165, 1.54) is 0 Å². The van der Waals surface area contributed by atoms with Gasteiger partial charge in [-0.2, -0.15) is 0 Å². The molecule has 0 radical (unpaired) electrons. The number of rotatable bonds is 10. The molecule has 0 bridgehead atoms. The van der Waals surface area contributed by atoms with Crippen molar-refractivity contribution in [3.8, 4) is 0 Å². The van der Waals surface area contributed by atoms with Gasteiger partial charge in [-0.15, -0.1) is 0 Å². The summed E-state index contributed by atoms with van der Waals surface area (Å²) in [6, 6.07) is -0.356. The van der Waals surface area contributed by atoms with E-state index in [0.717, 1.165) is 6.42 Å². The van der Waals surface area contributed by atoms with E-state index >= 15 is 0 Å². The molecule has 4 heteroatoms. The first-order valence-electron chi connectivity index (χ1n) is 7.18. The van der Waals surface area contributed by atoms with Crippen LogP contribution in [0.3, 0.4) is 0 Å². The Balaban J connectivity index is 4.09. The van der Waals surface area contributed by atoms with E-state index in [0.29, 0.717) is 38.0 Å². The molecule has 0 unspecified atom stereocenters. The molecule has 0 aromatic carbocycles. The predicted octanol–water partition coefficient (Wildman–Crippen LogP) is 2.65. The van der Waals surface area contributed by atoms with Crippen molar-refractivity contribution in [1.82, 2.24) is 5.32 Å². The third-order valence-corrected chi connectivity index (χ3v) is 2.96. The molecule has 19 heavy (non-hydrogen) atoms. The first kappa shape index (κ1) is 17.8. The molecule has 0 aliphatic rings. The van der Waals surface area contributed by atoms with Crippen molar-refractivity contribution in [3.63, 3.8) is 0 Å². The Morgan fingerprint density at radius 3 is 2.11 bits per heavy atom. The van der Waals surface area contributed by atoms with E-state index in [-0.39, 0.29) is 23.5 Å². The van der Waals surface area contributed by atoms with Crippen LogP contribution in [0.25, 0.3) is 0 Å². The second-order valence-electron chi connectivity index (χ2n) is 5.48. The van der Waals surface area contributed by atoms with Crippen LogP contribution in [0.5, 0.6) is 0 Å². The number of unbranched alkanes of at least 4 members (excludes halogenated alkanes) is 1. The molecular formula is C15H27NO3. The Bertz CT molecular complexity index is 311. The van der Waals surface area contributed by atoms with Gasteiger partial charge in [0.2, 0.25) is 5.91 Å². The van der Waals surface area contributed by atoms with E-state index < -0.39 is 0 Å². The summed E-state index contributed by atoms with van der Waals surface area (Å²) in [7, 11) is 0. The Morgan fingerprint density at radius 1 is 1.05 bits per heavy atom. The number of carbonyl (C=O) groups is 3. The maximum absolute atomic E-state index is 11.8. The van der Waals surface area contributed by atoms with Gasteiger partial charge in [0.25, 0.3) is 0 Å². The van der Waals surface area contributed by atoms with Gasteiger partial charge >= 0.3 is 0 Å². The van der Waals surface area contributed by atoms with Crippen LogP contribution in [-0.4, -0.2) is 23.5 Å². The Kier molecular flexibility index (Phi) is 9.09. The Morgan fingerprint density at radius 2 is 1.63 bits per heavy atom. The number of Topliss-reactive ketones (excluding diaryl/α,β-unsaturated/α-hetero) is 2. The number of amides is 1. The average Bonchev–Trinajstić information content (AvgIpc) is 2.32. The van der Waals surface area contributed by atoms with Gasteiger partial charge in [-0.1, -0.05) is 20.8 Å². The van der Waals surface area contributed by atoms with Crippen molar-refractivity contribution in [3.05, 3.63) is 0 Å². The van der Waals surface area contributed by atoms with E-state index in [4.69, 9.17) is 0 Å². The van der Waals surface area contributed by atoms with Crippen molar-refractivity contribution >= 4 is 17.5 Å². The molecule has 0 aliphatic carbocycles. The van der Waals surface area contributed by atoms with Crippen LogP contribution < -0.4 is 5.32 Å². The normalized spacial score (nSPS) is 12.3. The molecule has 0 spiro atoms. The summed E-state index contributed by atoms with van der Waals surface area (Å²) in [4.78, 5) is 34.3. The molecule has 110 valence electrons. The quantitative estimate of drug-likeness (QED) is 0.620. The molecule has 0 aromatic rings. The largest absolute Gasteiger partial charge is 0.346 e. The first-order valence-corrected chi connectivity index (χ1v) is 7.18. The summed E-state index contributed by atoms with van der Waals surface area (Å²) in [5.74, 6) is 0.527. The van der Waals surface area contributed by atoms with Gasteiger partial charge in [-0.3, -0.25) is 9.59 Å². The molecule has 0 aromatic heterocycles. The van der Waals surface area contributed by atoms with E-state index in [2.05, 4.69) is 5.32 Å². The van der Waals surface area contributed by atoms with Crippen molar-refractivity contribution < 1.29 is 14.4 Å². The number of nitrogens with one attached hydrogen (secondary N) is 1. The van der Waals surface area contributed by atoms with Crippen molar-refractivity contribution in [2.24, 2.45) is 5.92 Å². The third kappa shape index (κ3) is 9.40. The molecular weight excluding hydrogens is 242 g/mol. The van der Waals surface area contributed by atoms with Gasteiger partial charge in [-0.05, 0) is 32.1 Å². The van der Waals surface area contributed by atoms with Crippen LogP contribution in [0, 0.1) is 5.92 Å². The minimum Gasteiger partial charge on any atom is -0.346 e. The molecule has 0 rings (SSSR count). The third-order valence-electron chi connectivity index (χ3n) is 2.96. The van der Waals surface area contributed by atoms with E-state index in [9.17, 15) is 14.4 Å². The van der Waals surface area contributed by atoms with Crippen LogP contribution in [0.1, 0.15) is 66.2 Å². The van der Waals surface area contributed by atoms with Crippen LogP contribution >= 0.6 is 0 Å². The standard InChI is InChI=1S/C15H27NO3/c1-5-14(18)13(10-11(2)3)16-15(19)9-7-6-8-12(4)17/h11,13H,5-10H2,1-4H3,(H,16,19)/t13-/m0/s1. The Labute approximate surface area is 116 Å². The van der Waals surface area contributed by atoms with E-state index in [1.807, 2.05) is 20.8 Å². The molecule has 1 N–H and O–H groups in total. The average molecular weight is 269 g/mol. The van der Waals surface area contributed by atoms with Gasteiger partial charge < -0.3 is 10.1 Å². The van der Waals surface area contributed by atoms with Crippen LogP contribution in [0.15, 0.2) is 0 Å².